The van der Waals surface area contributed by atoms with Crippen LogP contribution in [-0.4, -0.2) is 11.6 Å². The maximum Gasteiger partial charge on any atom is 0.202 e. The Morgan fingerprint density at radius 1 is 0.762 bits per heavy atom. The van der Waals surface area contributed by atoms with E-state index in [1.807, 2.05) is 30.3 Å². The van der Waals surface area contributed by atoms with Crippen LogP contribution in [0, 0.1) is 0 Å². The summed E-state index contributed by atoms with van der Waals surface area (Å²) in [5.41, 5.74) is 1.32. The second-order valence-electron chi connectivity index (χ2n) is 4.67. The molecule has 2 aromatic carbocycles. The molecule has 0 fully saturated rings. The predicted molar refractivity (Wildman–Crippen MR) is 87.5 cm³/mol. The Bertz CT molecular complexity index is 852. The summed E-state index contributed by atoms with van der Waals surface area (Å²) in [5.74, 6) is -0.130. The fourth-order valence-electron chi connectivity index (χ4n) is 2.40. The Balaban J connectivity index is 1.86. The minimum atomic E-state index is -0.0745. The minimum absolute atomic E-state index is 0.0556. The first-order valence-electron chi connectivity index (χ1n) is 6.27. The third kappa shape index (κ3) is 1.92. The average Bonchev–Trinajstić information content (AvgIpc) is 3.00. The molecule has 2 aliphatic rings. The standard InChI is InChI=1S/C16H8O2S3/c17-12-8-4-1-2-7-11(8)20-15(12)16-13(18)9-5-3-6-10(19)14(9)21-16/h1-7,19H. The van der Waals surface area contributed by atoms with Gasteiger partial charge in [0.15, 0.2) is 0 Å². The van der Waals surface area contributed by atoms with E-state index in [0.29, 0.717) is 20.9 Å². The van der Waals surface area contributed by atoms with Crippen molar-refractivity contribution in [2.75, 3.05) is 0 Å². The summed E-state index contributed by atoms with van der Waals surface area (Å²) in [7, 11) is 0. The van der Waals surface area contributed by atoms with Gasteiger partial charge in [0, 0.05) is 25.8 Å². The molecule has 0 radical (unpaired) electrons. The second-order valence-corrected chi connectivity index (χ2v) is 7.23. The number of fused-ring (bicyclic) bond motifs is 2. The lowest BCUT2D eigenvalue weighted by atomic mass is 10.1. The predicted octanol–water partition coefficient (Wildman–Crippen LogP) is 4.46. The molecule has 4 rings (SSSR count). The number of carbonyl (C=O) groups excluding carboxylic acids is 2. The molecular formula is C16H8O2S3. The minimum Gasteiger partial charge on any atom is -0.288 e. The van der Waals surface area contributed by atoms with E-state index in [9.17, 15) is 9.59 Å². The van der Waals surface area contributed by atoms with Crippen molar-refractivity contribution in [1.29, 1.82) is 0 Å². The van der Waals surface area contributed by atoms with Crippen LogP contribution in [0.5, 0.6) is 0 Å². The van der Waals surface area contributed by atoms with Gasteiger partial charge in [0.1, 0.15) is 0 Å². The average molecular weight is 328 g/mol. The van der Waals surface area contributed by atoms with Crippen LogP contribution in [0.15, 0.2) is 67.0 Å². The molecule has 2 heterocycles. The highest BCUT2D eigenvalue weighted by Crippen LogP contribution is 2.50. The van der Waals surface area contributed by atoms with Gasteiger partial charge in [-0.2, -0.15) is 0 Å². The van der Waals surface area contributed by atoms with E-state index in [1.165, 1.54) is 23.5 Å². The molecule has 102 valence electrons. The first-order chi connectivity index (χ1) is 10.2. The number of carbonyl (C=O) groups is 2. The molecule has 0 unspecified atom stereocenters. The number of Topliss-reactive ketones (excluding diaryl/α,β-unsaturated/α-hetero) is 2. The van der Waals surface area contributed by atoms with E-state index in [4.69, 9.17) is 0 Å². The van der Waals surface area contributed by atoms with Gasteiger partial charge in [-0.15, -0.1) is 12.6 Å². The molecule has 0 bridgehead atoms. The Hall–Kier alpha value is -1.43. The highest BCUT2D eigenvalue weighted by atomic mass is 32.2. The quantitative estimate of drug-likeness (QED) is 0.572. The van der Waals surface area contributed by atoms with Gasteiger partial charge in [-0.3, -0.25) is 9.59 Å². The van der Waals surface area contributed by atoms with Crippen molar-refractivity contribution in [2.24, 2.45) is 0 Å². The summed E-state index contributed by atoms with van der Waals surface area (Å²) in [5, 5.41) is 0. The number of thioether (sulfide) groups is 2. The number of thiol groups is 1. The van der Waals surface area contributed by atoms with Gasteiger partial charge in [0.25, 0.3) is 0 Å². The lowest BCUT2D eigenvalue weighted by Gasteiger charge is -1.99. The van der Waals surface area contributed by atoms with Crippen molar-refractivity contribution < 1.29 is 9.59 Å². The van der Waals surface area contributed by atoms with Crippen molar-refractivity contribution in [3.8, 4) is 0 Å². The summed E-state index contributed by atoms with van der Waals surface area (Å²) < 4.78 is 0. The van der Waals surface area contributed by atoms with Gasteiger partial charge in [-0.05, 0) is 24.3 Å². The molecule has 0 N–H and O–H groups in total. The van der Waals surface area contributed by atoms with Crippen LogP contribution >= 0.6 is 36.2 Å². The first kappa shape index (κ1) is 13.2. The molecule has 0 spiro atoms. The topological polar surface area (TPSA) is 34.1 Å². The highest BCUT2D eigenvalue weighted by molar-refractivity contribution is 8.09. The SMILES string of the molecule is O=C1C(=C2Sc3c(S)cccc3C2=O)Sc2ccccc21. The first-order valence-corrected chi connectivity index (χ1v) is 8.35. The largest absolute Gasteiger partial charge is 0.288 e. The monoisotopic (exact) mass is 328 g/mol. The second kappa shape index (κ2) is 4.80. The molecule has 0 saturated carbocycles. The number of ketones is 2. The molecule has 2 nitrogen and oxygen atoms in total. The lowest BCUT2D eigenvalue weighted by molar-refractivity contribution is 0.101. The van der Waals surface area contributed by atoms with Crippen molar-refractivity contribution >= 4 is 47.7 Å². The Morgan fingerprint density at radius 2 is 1.43 bits per heavy atom. The molecule has 2 aliphatic heterocycles. The van der Waals surface area contributed by atoms with E-state index in [2.05, 4.69) is 12.6 Å². The molecule has 0 amide bonds. The molecule has 21 heavy (non-hydrogen) atoms. The van der Waals surface area contributed by atoms with Crippen LogP contribution in [0.1, 0.15) is 20.7 Å². The third-order valence-corrected chi connectivity index (χ3v) is 6.47. The van der Waals surface area contributed by atoms with Gasteiger partial charge in [0.2, 0.25) is 11.6 Å². The number of rotatable bonds is 0. The summed E-state index contributed by atoms with van der Waals surface area (Å²) >= 11 is 7.14. The number of benzene rings is 2. The zero-order chi connectivity index (χ0) is 14.6. The number of hydrogen-bond acceptors (Lipinski definition) is 5. The van der Waals surface area contributed by atoms with Crippen LogP contribution in [-0.2, 0) is 0 Å². The van der Waals surface area contributed by atoms with Crippen molar-refractivity contribution in [3.63, 3.8) is 0 Å². The van der Waals surface area contributed by atoms with E-state index >= 15 is 0 Å². The van der Waals surface area contributed by atoms with Gasteiger partial charge >= 0.3 is 0 Å². The smallest absolute Gasteiger partial charge is 0.202 e. The van der Waals surface area contributed by atoms with Gasteiger partial charge in [-0.1, -0.05) is 41.7 Å². The molecule has 0 aliphatic carbocycles. The van der Waals surface area contributed by atoms with Gasteiger partial charge in [0.05, 0.1) is 9.81 Å². The Kier molecular flexibility index (Phi) is 3.03. The zero-order valence-electron chi connectivity index (χ0n) is 10.6. The maximum atomic E-state index is 12.6. The molecule has 0 aromatic heterocycles. The zero-order valence-corrected chi connectivity index (χ0v) is 13.1. The molecule has 0 saturated heterocycles. The normalized spacial score (nSPS) is 19.9. The fourth-order valence-corrected chi connectivity index (χ4v) is 5.06. The maximum absolute atomic E-state index is 12.6. The van der Waals surface area contributed by atoms with E-state index in [0.717, 1.165) is 14.7 Å². The van der Waals surface area contributed by atoms with Gasteiger partial charge < -0.3 is 0 Å². The van der Waals surface area contributed by atoms with Crippen molar-refractivity contribution in [2.45, 2.75) is 14.7 Å². The summed E-state index contributed by atoms with van der Waals surface area (Å²) in [6.07, 6.45) is 0. The molecule has 5 heteroatoms. The van der Waals surface area contributed by atoms with Crippen LogP contribution in [0.2, 0.25) is 0 Å². The van der Waals surface area contributed by atoms with Crippen molar-refractivity contribution in [1.82, 2.24) is 0 Å². The summed E-state index contributed by atoms with van der Waals surface area (Å²) in [6.45, 7) is 0. The van der Waals surface area contributed by atoms with E-state index < -0.39 is 0 Å². The van der Waals surface area contributed by atoms with Crippen LogP contribution < -0.4 is 0 Å². The number of hydrogen-bond donors (Lipinski definition) is 1. The van der Waals surface area contributed by atoms with Crippen molar-refractivity contribution in [3.05, 3.63) is 63.4 Å². The third-order valence-electron chi connectivity index (χ3n) is 3.41. The van der Waals surface area contributed by atoms with Gasteiger partial charge in [-0.25, -0.2) is 0 Å². The fraction of sp³-hybridized carbons (Fsp3) is 0. The molecule has 0 atom stereocenters. The number of allylic oxidation sites excluding steroid dienone is 2. The molecular weight excluding hydrogens is 320 g/mol. The highest BCUT2D eigenvalue weighted by Gasteiger charge is 2.36. The van der Waals surface area contributed by atoms with E-state index in [-0.39, 0.29) is 11.6 Å². The Labute approximate surface area is 135 Å². The van der Waals surface area contributed by atoms with Crippen LogP contribution in [0.4, 0.5) is 0 Å². The summed E-state index contributed by atoms with van der Waals surface area (Å²) in [4.78, 5) is 28.7. The van der Waals surface area contributed by atoms with E-state index in [1.54, 1.807) is 12.1 Å². The summed E-state index contributed by atoms with van der Waals surface area (Å²) in [6, 6.07) is 12.9. The lowest BCUT2D eigenvalue weighted by Crippen LogP contribution is -2.01. The Morgan fingerprint density at radius 3 is 2.19 bits per heavy atom. The molecule has 2 aromatic rings. The van der Waals surface area contributed by atoms with Crippen LogP contribution in [0.25, 0.3) is 0 Å². The van der Waals surface area contributed by atoms with Crippen LogP contribution in [0.3, 0.4) is 0 Å².